The fourth-order valence-electron chi connectivity index (χ4n) is 2.69. The molecule has 3 rings (SSSR count). The molecule has 146 valence electrons. The minimum Gasteiger partial charge on any atom is -0.497 e. The van der Waals surface area contributed by atoms with Crippen LogP contribution in [0.4, 0.5) is 0 Å². The van der Waals surface area contributed by atoms with Crippen molar-refractivity contribution in [3.05, 3.63) is 76.5 Å². The summed E-state index contributed by atoms with van der Waals surface area (Å²) in [5, 5.41) is 11.6. The summed E-state index contributed by atoms with van der Waals surface area (Å²) in [4.78, 5) is 12.0. The number of halogens is 1. The van der Waals surface area contributed by atoms with Gasteiger partial charge >= 0.3 is 0 Å². The van der Waals surface area contributed by atoms with Gasteiger partial charge in [-0.05, 0) is 41.8 Å². The van der Waals surface area contributed by atoms with E-state index < -0.39 is 0 Å². The lowest BCUT2D eigenvalue weighted by molar-refractivity contribution is -0.121. The Kier molecular flexibility index (Phi) is 7.03. The summed E-state index contributed by atoms with van der Waals surface area (Å²) in [6, 6.07) is 15.3. The van der Waals surface area contributed by atoms with Crippen LogP contribution in [-0.4, -0.2) is 23.2 Å². The van der Waals surface area contributed by atoms with Gasteiger partial charge in [0.25, 0.3) is 0 Å². The van der Waals surface area contributed by atoms with E-state index in [4.69, 9.17) is 20.8 Å². The van der Waals surface area contributed by atoms with Crippen LogP contribution in [0.15, 0.2) is 52.9 Å². The lowest BCUT2D eigenvalue weighted by atomic mass is 10.1. The maximum Gasteiger partial charge on any atom is 0.220 e. The normalized spacial score (nSPS) is 10.6. The average molecular weight is 400 g/mol. The predicted molar refractivity (Wildman–Crippen MR) is 106 cm³/mol. The largest absolute Gasteiger partial charge is 0.497 e. The number of aryl methyl sites for hydroxylation is 3. The number of amides is 1. The van der Waals surface area contributed by atoms with E-state index in [1.54, 1.807) is 13.2 Å². The van der Waals surface area contributed by atoms with Crippen molar-refractivity contribution in [2.45, 2.75) is 32.2 Å². The van der Waals surface area contributed by atoms with Gasteiger partial charge in [0.15, 0.2) is 0 Å². The van der Waals surface area contributed by atoms with Crippen molar-refractivity contribution in [2.75, 3.05) is 7.11 Å². The summed E-state index contributed by atoms with van der Waals surface area (Å²) in [5.41, 5.74) is 2.13. The van der Waals surface area contributed by atoms with E-state index in [-0.39, 0.29) is 5.91 Å². The highest BCUT2D eigenvalue weighted by atomic mass is 35.5. The number of ether oxygens (including phenoxy) is 1. The van der Waals surface area contributed by atoms with Crippen LogP contribution < -0.4 is 10.1 Å². The quantitative estimate of drug-likeness (QED) is 0.592. The van der Waals surface area contributed by atoms with Gasteiger partial charge < -0.3 is 14.5 Å². The Labute approximate surface area is 168 Å². The van der Waals surface area contributed by atoms with Crippen molar-refractivity contribution in [2.24, 2.45) is 0 Å². The summed E-state index contributed by atoms with van der Waals surface area (Å²) in [6.45, 7) is 0.441. The van der Waals surface area contributed by atoms with E-state index in [1.165, 1.54) is 5.56 Å². The maximum atomic E-state index is 12.0. The van der Waals surface area contributed by atoms with Gasteiger partial charge in [-0.1, -0.05) is 35.9 Å². The number of nitrogens with one attached hydrogen (secondary N) is 1. The van der Waals surface area contributed by atoms with E-state index in [0.29, 0.717) is 42.6 Å². The van der Waals surface area contributed by atoms with Crippen LogP contribution >= 0.6 is 11.6 Å². The van der Waals surface area contributed by atoms with Crippen LogP contribution in [-0.2, 0) is 30.6 Å². The highest BCUT2D eigenvalue weighted by Gasteiger charge is 2.09. The summed E-state index contributed by atoms with van der Waals surface area (Å²) in [6.07, 6.45) is 2.16. The summed E-state index contributed by atoms with van der Waals surface area (Å²) in [5.74, 6) is 1.81. The van der Waals surface area contributed by atoms with Gasteiger partial charge in [0.05, 0.1) is 7.11 Å². The number of benzene rings is 2. The topological polar surface area (TPSA) is 77.2 Å². The van der Waals surface area contributed by atoms with Gasteiger partial charge in [0.1, 0.15) is 5.75 Å². The standard InChI is InChI=1S/C21H22ClN3O3/c1-27-18-8-5-15(6-9-18)7-11-20-24-25-21(28-20)12-10-19(26)23-14-16-3-2-4-17(22)13-16/h2-6,8-9,13H,7,10-12,14H2,1H3,(H,23,26). The fourth-order valence-corrected chi connectivity index (χ4v) is 2.90. The first-order valence-corrected chi connectivity index (χ1v) is 9.45. The number of methoxy groups -OCH3 is 1. The van der Waals surface area contributed by atoms with Crippen LogP contribution in [0.3, 0.4) is 0 Å². The highest BCUT2D eigenvalue weighted by molar-refractivity contribution is 6.30. The monoisotopic (exact) mass is 399 g/mol. The molecule has 2 aromatic carbocycles. The molecule has 0 spiro atoms. The third-order valence-corrected chi connectivity index (χ3v) is 4.48. The second kappa shape index (κ2) is 9.90. The predicted octanol–water partition coefficient (Wildman–Crippen LogP) is 3.77. The van der Waals surface area contributed by atoms with Gasteiger partial charge in [0.2, 0.25) is 17.7 Å². The number of nitrogens with zero attached hydrogens (tertiary/aromatic N) is 2. The van der Waals surface area contributed by atoms with Gasteiger partial charge in [-0.2, -0.15) is 0 Å². The summed E-state index contributed by atoms with van der Waals surface area (Å²) < 4.78 is 10.8. The van der Waals surface area contributed by atoms with Crippen LogP contribution in [0.1, 0.15) is 29.3 Å². The molecule has 0 radical (unpaired) electrons. The molecule has 0 aliphatic heterocycles. The van der Waals surface area contributed by atoms with Crippen molar-refractivity contribution in [1.82, 2.24) is 15.5 Å². The molecule has 6 nitrogen and oxygen atoms in total. The maximum absolute atomic E-state index is 12.0. The smallest absolute Gasteiger partial charge is 0.220 e. The zero-order valence-corrected chi connectivity index (χ0v) is 16.4. The average Bonchev–Trinajstić information content (AvgIpc) is 3.17. The third kappa shape index (κ3) is 6.09. The van der Waals surface area contributed by atoms with Crippen LogP contribution in [0.25, 0.3) is 0 Å². The molecule has 7 heteroatoms. The number of rotatable bonds is 9. The third-order valence-electron chi connectivity index (χ3n) is 4.24. The van der Waals surface area contributed by atoms with Crippen LogP contribution in [0, 0.1) is 0 Å². The van der Waals surface area contributed by atoms with E-state index in [9.17, 15) is 4.79 Å². The molecule has 0 atom stereocenters. The van der Waals surface area contributed by atoms with Crippen molar-refractivity contribution in [3.63, 3.8) is 0 Å². The Balaban J connectivity index is 1.40. The Hall–Kier alpha value is -2.86. The Bertz CT molecular complexity index is 909. The second-order valence-electron chi connectivity index (χ2n) is 6.34. The van der Waals surface area contributed by atoms with Crippen LogP contribution in [0.2, 0.25) is 5.02 Å². The lowest BCUT2D eigenvalue weighted by Crippen LogP contribution is -2.23. The van der Waals surface area contributed by atoms with Gasteiger partial charge in [-0.15, -0.1) is 10.2 Å². The first-order valence-electron chi connectivity index (χ1n) is 9.07. The molecule has 1 aromatic heterocycles. The van der Waals surface area contributed by atoms with Crippen molar-refractivity contribution in [1.29, 1.82) is 0 Å². The van der Waals surface area contributed by atoms with Gasteiger partial charge in [0, 0.05) is 30.8 Å². The molecule has 0 saturated heterocycles. The Morgan fingerprint density at radius 3 is 2.50 bits per heavy atom. The molecule has 0 bridgehead atoms. The number of hydrogen-bond donors (Lipinski definition) is 1. The molecule has 1 amide bonds. The fraction of sp³-hybridized carbons (Fsp3) is 0.286. The summed E-state index contributed by atoms with van der Waals surface area (Å²) in [7, 11) is 1.65. The van der Waals surface area contributed by atoms with Crippen molar-refractivity contribution in [3.8, 4) is 5.75 Å². The number of aromatic nitrogens is 2. The first-order chi connectivity index (χ1) is 13.6. The van der Waals surface area contributed by atoms with E-state index in [2.05, 4.69) is 15.5 Å². The van der Waals surface area contributed by atoms with E-state index in [1.807, 2.05) is 42.5 Å². The molecule has 3 aromatic rings. The van der Waals surface area contributed by atoms with E-state index in [0.717, 1.165) is 17.7 Å². The molecule has 0 fully saturated rings. The Morgan fingerprint density at radius 1 is 1.04 bits per heavy atom. The summed E-state index contributed by atoms with van der Waals surface area (Å²) >= 11 is 5.94. The Morgan fingerprint density at radius 2 is 1.79 bits per heavy atom. The van der Waals surface area contributed by atoms with Crippen molar-refractivity contribution >= 4 is 17.5 Å². The minimum atomic E-state index is -0.0713. The SMILES string of the molecule is COc1ccc(CCc2nnc(CCC(=O)NCc3cccc(Cl)c3)o2)cc1. The zero-order valence-electron chi connectivity index (χ0n) is 15.7. The van der Waals surface area contributed by atoms with Crippen LogP contribution in [0.5, 0.6) is 5.75 Å². The number of hydrogen-bond acceptors (Lipinski definition) is 5. The highest BCUT2D eigenvalue weighted by Crippen LogP contribution is 2.14. The molecule has 1 heterocycles. The molecule has 0 saturated carbocycles. The molecule has 1 N–H and O–H groups in total. The molecule has 0 aliphatic rings. The molecule has 0 unspecified atom stereocenters. The van der Waals surface area contributed by atoms with Gasteiger partial charge in [-0.25, -0.2) is 0 Å². The molecule has 28 heavy (non-hydrogen) atoms. The molecular formula is C21H22ClN3O3. The minimum absolute atomic E-state index is 0.0713. The lowest BCUT2D eigenvalue weighted by Gasteiger charge is -2.04. The second-order valence-corrected chi connectivity index (χ2v) is 6.78. The van der Waals surface area contributed by atoms with Crippen molar-refractivity contribution < 1.29 is 13.9 Å². The van der Waals surface area contributed by atoms with E-state index >= 15 is 0 Å². The molecule has 0 aliphatic carbocycles. The zero-order chi connectivity index (χ0) is 19.8. The molecular weight excluding hydrogens is 378 g/mol. The number of carbonyl (C=O) groups excluding carboxylic acids is 1. The first kappa shape index (κ1) is 19.9. The number of carbonyl (C=O) groups is 1. The van der Waals surface area contributed by atoms with Gasteiger partial charge in [-0.3, -0.25) is 4.79 Å².